The Labute approximate surface area is 105 Å². The number of carbonyl (C=O) groups excluding carboxylic acids is 1. The molecule has 2 aromatic carbocycles. The summed E-state index contributed by atoms with van der Waals surface area (Å²) in [4.78, 5) is 12.2. The van der Waals surface area contributed by atoms with Crippen molar-refractivity contribution in [3.8, 4) is 0 Å². The third kappa shape index (κ3) is 2.63. The van der Waals surface area contributed by atoms with Crippen LogP contribution in [0.4, 0.5) is 4.39 Å². The van der Waals surface area contributed by atoms with Crippen LogP contribution in [0, 0.1) is 5.82 Å². The molecule has 0 fully saturated rings. The molecule has 1 unspecified atom stereocenters. The molecule has 0 aliphatic carbocycles. The number of halogens is 1. The summed E-state index contributed by atoms with van der Waals surface area (Å²) in [5.74, 6) is -0.674. The van der Waals surface area contributed by atoms with Crippen LogP contribution in [0.15, 0.2) is 54.6 Å². The smallest absolute Gasteiger partial charge is 0.196 e. The second-order valence-electron chi connectivity index (χ2n) is 3.90. The molecule has 0 aromatic heterocycles. The summed E-state index contributed by atoms with van der Waals surface area (Å²) in [5.41, 5.74) is 1.07. The van der Waals surface area contributed by atoms with E-state index in [9.17, 15) is 9.18 Å². The highest BCUT2D eigenvalue weighted by molar-refractivity contribution is 6.00. The topological polar surface area (TPSA) is 26.3 Å². The first kappa shape index (κ1) is 12.5. The maximum absolute atomic E-state index is 13.1. The van der Waals surface area contributed by atoms with Gasteiger partial charge in [-0.3, -0.25) is 4.79 Å². The minimum Gasteiger partial charge on any atom is -0.369 e. The number of rotatable bonds is 4. The van der Waals surface area contributed by atoms with Crippen LogP contribution in [-0.4, -0.2) is 12.9 Å². The molecular weight excluding hydrogens is 231 g/mol. The fraction of sp³-hybridized carbons (Fsp3) is 0.133. The van der Waals surface area contributed by atoms with Crippen molar-refractivity contribution in [3.05, 3.63) is 71.5 Å². The van der Waals surface area contributed by atoms with E-state index in [0.717, 1.165) is 5.56 Å². The lowest BCUT2D eigenvalue weighted by molar-refractivity contribution is 0.0604. The van der Waals surface area contributed by atoms with Gasteiger partial charge in [0, 0.05) is 12.7 Å². The molecule has 2 rings (SSSR count). The molecule has 0 bridgehead atoms. The molecule has 0 aliphatic heterocycles. The SMILES string of the molecule is COC(C(=O)c1cccc(F)c1)c1ccccc1. The van der Waals surface area contributed by atoms with Gasteiger partial charge in [0.15, 0.2) is 5.78 Å². The van der Waals surface area contributed by atoms with Crippen molar-refractivity contribution in [3.63, 3.8) is 0 Å². The molecule has 2 aromatic rings. The standard InChI is InChI=1S/C15H13FO2/c1-18-15(11-6-3-2-4-7-11)14(17)12-8-5-9-13(16)10-12/h2-10,15H,1H3. The summed E-state index contributed by atoms with van der Waals surface area (Å²) < 4.78 is 18.3. The van der Waals surface area contributed by atoms with E-state index in [2.05, 4.69) is 0 Å². The third-order valence-electron chi connectivity index (χ3n) is 2.69. The Morgan fingerprint density at radius 1 is 1.11 bits per heavy atom. The average molecular weight is 244 g/mol. The largest absolute Gasteiger partial charge is 0.369 e. The Balaban J connectivity index is 2.32. The van der Waals surface area contributed by atoms with Gasteiger partial charge in [-0.25, -0.2) is 4.39 Å². The van der Waals surface area contributed by atoms with E-state index in [1.54, 1.807) is 6.07 Å². The molecule has 0 amide bonds. The van der Waals surface area contributed by atoms with Crippen LogP contribution >= 0.6 is 0 Å². The molecule has 18 heavy (non-hydrogen) atoms. The summed E-state index contributed by atoms with van der Waals surface area (Å²) >= 11 is 0. The van der Waals surface area contributed by atoms with Gasteiger partial charge in [0.25, 0.3) is 0 Å². The van der Waals surface area contributed by atoms with Gasteiger partial charge in [-0.05, 0) is 17.7 Å². The van der Waals surface area contributed by atoms with E-state index in [4.69, 9.17) is 4.74 Å². The molecule has 0 radical (unpaired) electrons. The Hall–Kier alpha value is -2.00. The molecule has 0 heterocycles. The lowest BCUT2D eigenvalue weighted by Gasteiger charge is -2.14. The fourth-order valence-electron chi connectivity index (χ4n) is 1.82. The van der Waals surface area contributed by atoms with Crippen LogP contribution in [0.5, 0.6) is 0 Å². The first-order valence-corrected chi connectivity index (χ1v) is 5.60. The van der Waals surface area contributed by atoms with E-state index in [0.29, 0.717) is 5.56 Å². The lowest BCUT2D eigenvalue weighted by Crippen LogP contribution is -2.15. The zero-order valence-corrected chi connectivity index (χ0v) is 9.97. The normalized spacial score (nSPS) is 12.1. The monoisotopic (exact) mass is 244 g/mol. The van der Waals surface area contributed by atoms with Gasteiger partial charge in [-0.15, -0.1) is 0 Å². The van der Waals surface area contributed by atoms with Crippen molar-refractivity contribution in [2.24, 2.45) is 0 Å². The molecule has 0 aliphatic rings. The van der Waals surface area contributed by atoms with Gasteiger partial charge in [-0.2, -0.15) is 0 Å². The maximum Gasteiger partial charge on any atom is 0.196 e. The van der Waals surface area contributed by atoms with Crippen molar-refractivity contribution in [2.75, 3.05) is 7.11 Å². The number of hydrogen-bond acceptors (Lipinski definition) is 2. The predicted molar refractivity (Wildman–Crippen MR) is 66.9 cm³/mol. The molecular formula is C15H13FO2. The van der Waals surface area contributed by atoms with Crippen molar-refractivity contribution in [1.29, 1.82) is 0 Å². The Morgan fingerprint density at radius 2 is 1.83 bits per heavy atom. The zero-order valence-electron chi connectivity index (χ0n) is 9.97. The molecule has 3 heteroatoms. The second-order valence-corrected chi connectivity index (χ2v) is 3.90. The summed E-state index contributed by atoms with van der Waals surface area (Å²) in [6.07, 6.45) is -0.701. The van der Waals surface area contributed by atoms with E-state index >= 15 is 0 Å². The highest BCUT2D eigenvalue weighted by atomic mass is 19.1. The minimum atomic E-state index is -0.701. The van der Waals surface area contributed by atoms with E-state index in [-0.39, 0.29) is 5.78 Å². The van der Waals surface area contributed by atoms with Crippen molar-refractivity contribution in [2.45, 2.75) is 6.10 Å². The molecule has 0 spiro atoms. The van der Waals surface area contributed by atoms with Gasteiger partial charge in [0.2, 0.25) is 0 Å². The van der Waals surface area contributed by atoms with E-state index in [1.807, 2.05) is 30.3 Å². The van der Waals surface area contributed by atoms with Crippen molar-refractivity contribution in [1.82, 2.24) is 0 Å². The number of carbonyl (C=O) groups is 1. The molecule has 92 valence electrons. The zero-order chi connectivity index (χ0) is 13.0. The molecule has 0 saturated heterocycles. The van der Waals surface area contributed by atoms with Crippen LogP contribution < -0.4 is 0 Å². The van der Waals surface area contributed by atoms with Crippen molar-refractivity contribution >= 4 is 5.78 Å². The quantitative estimate of drug-likeness (QED) is 0.770. The van der Waals surface area contributed by atoms with Gasteiger partial charge >= 0.3 is 0 Å². The molecule has 1 atom stereocenters. The maximum atomic E-state index is 13.1. The molecule has 0 saturated carbocycles. The number of ether oxygens (including phenoxy) is 1. The first-order valence-electron chi connectivity index (χ1n) is 5.60. The first-order chi connectivity index (χ1) is 8.72. The molecule has 2 nitrogen and oxygen atoms in total. The van der Waals surface area contributed by atoms with Crippen molar-refractivity contribution < 1.29 is 13.9 Å². The van der Waals surface area contributed by atoms with E-state index in [1.165, 1.54) is 25.3 Å². The number of Topliss-reactive ketones (excluding diaryl/α,β-unsaturated/α-hetero) is 1. The number of methoxy groups -OCH3 is 1. The minimum absolute atomic E-state index is 0.247. The Kier molecular flexibility index (Phi) is 3.85. The van der Waals surface area contributed by atoms with Gasteiger partial charge in [-0.1, -0.05) is 42.5 Å². The number of benzene rings is 2. The Morgan fingerprint density at radius 3 is 2.44 bits per heavy atom. The number of hydrogen-bond donors (Lipinski definition) is 0. The van der Waals surface area contributed by atoms with Gasteiger partial charge < -0.3 is 4.74 Å². The summed E-state index contributed by atoms with van der Waals surface area (Å²) in [5, 5.41) is 0. The fourth-order valence-corrected chi connectivity index (χ4v) is 1.82. The predicted octanol–water partition coefficient (Wildman–Crippen LogP) is 3.40. The summed E-state index contributed by atoms with van der Waals surface area (Å²) in [6.45, 7) is 0. The highest BCUT2D eigenvalue weighted by Crippen LogP contribution is 2.21. The van der Waals surface area contributed by atoms with Crippen LogP contribution in [0.3, 0.4) is 0 Å². The van der Waals surface area contributed by atoms with Crippen LogP contribution in [0.2, 0.25) is 0 Å². The van der Waals surface area contributed by atoms with Crippen LogP contribution in [0.1, 0.15) is 22.0 Å². The van der Waals surface area contributed by atoms with Gasteiger partial charge in [0.05, 0.1) is 0 Å². The van der Waals surface area contributed by atoms with Crippen LogP contribution in [0.25, 0.3) is 0 Å². The summed E-state index contributed by atoms with van der Waals surface area (Å²) in [7, 11) is 1.47. The number of ketones is 1. The molecule has 0 N–H and O–H groups in total. The van der Waals surface area contributed by atoms with E-state index < -0.39 is 11.9 Å². The second kappa shape index (κ2) is 5.56. The average Bonchev–Trinajstić information content (AvgIpc) is 2.41. The van der Waals surface area contributed by atoms with Gasteiger partial charge in [0.1, 0.15) is 11.9 Å². The Bertz CT molecular complexity index is 537. The third-order valence-corrected chi connectivity index (χ3v) is 2.69. The summed E-state index contributed by atoms with van der Waals surface area (Å²) in [6, 6.07) is 14.8. The lowest BCUT2D eigenvalue weighted by atomic mass is 10.00. The van der Waals surface area contributed by atoms with Crippen LogP contribution in [-0.2, 0) is 4.74 Å². The highest BCUT2D eigenvalue weighted by Gasteiger charge is 2.21.